The molecule has 0 aliphatic carbocycles. The summed E-state index contributed by atoms with van der Waals surface area (Å²) in [5.41, 5.74) is 1.72. The van der Waals surface area contributed by atoms with E-state index in [1.165, 1.54) is 0 Å². The smallest absolute Gasteiger partial charge is 0.233 e. The topological polar surface area (TPSA) is 89.2 Å². The van der Waals surface area contributed by atoms with E-state index in [1.807, 2.05) is 7.05 Å². The number of fused-ring (bicyclic) bond motifs is 2. The van der Waals surface area contributed by atoms with Gasteiger partial charge < -0.3 is 9.84 Å². The standard InChI is InChI=1S/C20H21FN6O2/c1-26-12-3-6-16(26)20(21)18(11-12)29-19-7-5-15(23-24-19)14-4-2-13(10-17(14)28)27-9-8-22-25-27/h2,4-5,7-10,12,16,18,20,28H,3,6,11H2,1H3/t12?,16?,18-,20-/m0/s1. The molecule has 2 fully saturated rings. The second kappa shape index (κ2) is 7.07. The molecule has 2 aliphatic heterocycles. The largest absolute Gasteiger partial charge is 0.507 e. The Morgan fingerprint density at radius 3 is 2.79 bits per heavy atom. The molecule has 0 saturated carbocycles. The molecule has 1 N–H and O–H groups in total. The van der Waals surface area contributed by atoms with Gasteiger partial charge in [-0.05, 0) is 38.1 Å². The van der Waals surface area contributed by atoms with Crippen LogP contribution in [0.15, 0.2) is 42.7 Å². The Morgan fingerprint density at radius 1 is 1.17 bits per heavy atom. The predicted octanol–water partition coefficient (Wildman–Crippen LogP) is 2.38. The van der Waals surface area contributed by atoms with Crippen molar-refractivity contribution in [2.75, 3.05) is 7.05 Å². The molecule has 29 heavy (non-hydrogen) atoms. The van der Waals surface area contributed by atoms with Crippen LogP contribution in [0.4, 0.5) is 4.39 Å². The number of piperidine rings is 1. The number of alkyl halides is 1. The van der Waals surface area contributed by atoms with Gasteiger partial charge in [-0.25, -0.2) is 9.07 Å². The van der Waals surface area contributed by atoms with Crippen molar-refractivity contribution in [1.82, 2.24) is 30.1 Å². The predicted molar refractivity (Wildman–Crippen MR) is 103 cm³/mol. The third-order valence-corrected chi connectivity index (χ3v) is 5.98. The molecule has 4 atom stereocenters. The lowest BCUT2D eigenvalue weighted by Crippen LogP contribution is -2.52. The van der Waals surface area contributed by atoms with Crippen molar-refractivity contribution in [2.24, 2.45) is 0 Å². The number of halogens is 1. The van der Waals surface area contributed by atoms with Gasteiger partial charge in [0.2, 0.25) is 5.88 Å². The molecule has 4 heterocycles. The normalized spacial score (nSPS) is 26.6. The van der Waals surface area contributed by atoms with E-state index in [-0.39, 0.29) is 11.8 Å². The maximum absolute atomic E-state index is 14.8. The maximum Gasteiger partial charge on any atom is 0.233 e. The van der Waals surface area contributed by atoms with Gasteiger partial charge in [0.1, 0.15) is 11.9 Å². The fourth-order valence-electron chi connectivity index (χ4n) is 4.37. The molecule has 2 unspecified atom stereocenters. The molecule has 3 aromatic rings. The molecule has 2 aromatic heterocycles. The average Bonchev–Trinajstić information content (AvgIpc) is 3.35. The molecule has 2 saturated heterocycles. The summed E-state index contributed by atoms with van der Waals surface area (Å²) in [4.78, 5) is 2.13. The quantitative estimate of drug-likeness (QED) is 0.724. The maximum atomic E-state index is 14.8. The number of aromatic nitrogens is 5. The highest BCUT2D eigenvalue weighted by Gasteiger charge is 2.47. The van der Waals surface area contributed by atoms with Gasteiger partial charge in [-0.3, -0.25) is 4.90 Å². The van der Waals surface area contributed by atoms with Crippen molar-refractivity contribution in [3.8, 4) is 28.6 Å². The summed E-state index contributed by atoms with van der Waals surface area (Å²) in [5, 5.41) is 26.3. The zero-order chi connectivity index (χ0) is 20.0. The molecular weight excluding hydrogens is 375 g/mol. The third kappa shape index (κ3) is 3.21. The lowest BCUT2D eigenvalue weighted by atomic mass is 9.98. The zero-order valence-electron chi connectivity index (χ0n) is 15.9. The number of nitrogens with zero attached hydrogens (tertiary/aromatic N) is 6. The van der Waals surface area contributed by atoms with Crippen LogP contribution >= 0.6 is 0 Å². The van der Waals surface area contributed by atoms with Crippen LogP contribution in [0, 0.1) is 0 Å². The first-order valence-electron chi connectivity index (χ1n) is 9.66. The van der Waals surface area contributed by atoms with Gasteiger partial charge >= 0.3 is 0 Å². The fraction of sp³-hybridized carbons (Fsp3) is 0.400. The highest BCUT2D eigenvalue weighted by molar-refractivity contribution is 5.68. The molecule has 1 aromatic carbocycles. The van der Waals surface area contributed by atoms with E-state index in [0.29, 0.717) is 35.3 Å². The van der Waals surface area contributed by atoms with E-state index in [4.69, 9.17) is 4.74 Å². The molecule has 2 aliphatic rings. The van der Waals surface area contributed by atoms with Crippen LogP contribution in [-0.2, 0) is 0 Å². The van der Waals surface area contributed by atoms with Gasteiger partial charge in [-0.1, -0.05) is 5.21 Å². The Labute approximate surface area is 166 Å². The molecule has 0 spiro atoms. The van der Waals surface area contributed by atoms with Gasteiger partial charge in [0.05, 0.1) is 23.8 Å². The minimum atomic E-state index is -1.03. The average molecular weight is 396 g/mol. The highest BCUT2D eigenvalue weighted by atomic mass is 19.1. The van der Waals surface area contributed by atoms with Crippen LogP contribution in [0.1, 0.15) is 19.3 Å². The van der Waals surface area contributed by atoms with Gasteiger partial charge in [-0.15, -0.1) is 15.3 Å². The summed E-state index contributed by atoms with van der Waals surface area (Å²) in [6.07, 6.45) is 4.25. The Bertz CT molecular complexity index is 997. The highest BCUT2D eigenvalue weighted by Crippen LogP contribution is 2.37. The first-order valence-corrected chi connectivity index (χ1v) is 9.66. The number of hydrogen-bond acceptors (Lipinski definition) is 7. The number of ether oxygens (including phenoxy) is 1. The van der Waals surface area contributed by atoms with Crippen molar-refractivity contribution >= 4 is 0 Å². The number of phenolic OH excluding ortho intramolecular Hbond substituents is 1. The minimum Gasteiger partial charge on any atom is -0.507 e. The summed E-state index contributed by atoms with van der Waals surface area (Å²) in [5.74, 6) is 0.348. The lowest BCUT2D eigenvalue weighted by molar-refractivity contribution is -0.0134. The number of rotatable bonds is 4. The fourth-order valence-corrected chi connectivity index (χ4v) is 4.37. The molecule has 5 rings (SSSR count). The molecule has 150 valence electrons. The van der Waals surface area contributed by atoms with Crippen LogP contribution in [-0.4, -0.2) is 66.6 Å². The SMILES string of the molecule is CN1C2CCC1[C@H](F)[C@@H](Oc1ccc(-c3ccc(-n4ccnn4)cc3O)nn1)C2. The third-order valence-electron chi connectivity index (χ3n) is 5.98. The van der Waals surface area contributed by atoms with Crippen molar-refractivity contribution in [3.63, 3.8) is 0 Å². The van der Waals surface area contributed by atoms with E-state index >= 15 is 0 Å². The van der Waals surface area contributed by atoms with Gasteiger partial charge in [0.15, 0.2) is 6.17 Å². The molecule has 8 nitrogen and oxygen atoms in total. The lowest BCUT2D eigenvalue weighted by Gasteiger charge is -2.38. The van der Waals surface area contributed by atoms with Crippen LogP contribution in [0.5, 0.6) is 11.6 Å². The first-order chi connectivity index (χ1) is 14.1. The monoisotopic (exact) mass is 396 g/mol. The summed E-state index contributed by atoms with van der Waals surface area (Å²) in [7, 11) is 1.99. The van der Waals surface area contributed by atoms with Crippen LogP contribution in [0.25, 0.3) is 16.9 Å². The van der Waals surface area contributed by atoms with E-state index in [2.05, 4.69) is 25.4 Å². The van der Waals surface area contributed by atoms with Gasteiger partial charge in [0.25, 0.3) is 0 Å². The van der Waals surface area contributed by atoms with Crippen molar-refractivity contribution in [3.05, 3.63) is 42.7 Å². The molecule has 2 bridgehead atoms. The zero-order valence-corrected chi connectivity index (χ0v) is 15.9. The van der Waals surface area contributed by atoms with E-state index < -0.39 is 12.3 Å². The number of phenols is 1. The van der Waals surface area contributed by atoms with E-state index in [1.54, 1.807) is 47.4 Å². The second-order valence-electron chi connectivity index (χ2n) is 7.61. The Hall–Kier alpha value is -3.07. The second-order valence-corrected chi connectivity index (χ2v) is 7.61. The first kappa shape index (κ1) is 18.0. The van der Waals surface area contributed by atoms with E-state index in [0.717, 1.165) is 12.8 Å². The Morgan fingerprint density at radius 2 is 2.07 bits per heavy atom. The Kier molecular flexibility index (Phi) is 4.39. The van der Waals surface area contributed by atoms with Gasteiger partial charge in [-0.2, -0.15) is 0 Å². The number of aromatic hydroxyl groups is 1. The summed E-state index contributed by atoms with van der Waals surface area (Å²) >= 11 is 0. The molecule has 0 radical (unpaired) electrons. The number of benzene rings is 1. The van der Waals surface area contributed by atoms with Crippen LogP contribution in [0.3, 0.4) is 0 Å². The number of hydrogen-bond donors (Lipinski definition) is 1. The van der Waals surface area contributed by atoms with Crippen LogP contribution < -0.4 is 4.74 Å². The van der Waals surface area contributed by atoms with Crippen molar-refractivity contribution in [2.45, 2.75) is 43.6 Å². The van der Waals surface area contributed by atoms with Crippen LogP contribution in [0.2, 0.25) is 0 Å². The van der Waals surface area contributed by atoms with Crippen molar-refractivity contribution < 1.29 is 14.2 Å². The Balaban J connectivity index is 1.32. The molecule has 0 amide bonds. The van der Waals surface area contributed by atoms with Crippen molar-refractivity contribution in [1.29, 1.82) is 0 Å². The minimum absolute atomic E-state index is 0.0525. The van der Waals surface area contributed by atoms with E-state index in [9.17, 15) is 9.50 Å². The summed E-state index contributed by atoms with van der Waals surface area (Å²) in [6.45, 7) is 0. The molecular formula is C20H21FN6O2. The molecule has 9 heteroatoms. The summed E-state index contributed by atoms with van der Waals surface area (Å²) in [6, 6.07) is 8.79. The van der Waals surface area contributed by atoms with Gasteiger partial charge in [0, 0.05) is 36.2 Å². The summed E-state index contributed by atoms with van der Waals surface area (Å²) < 4.78 is 22.1.